The molecule has 2 rings (SSSR count). The van der Waals surface area contributed by atoms with Crippen LogP contribution in [0.4, 0.5) is 11.4 Å². The number of carbonyl (C=O) groups excluding carboxylic acids is 1. The van der Waals surface area contributed by atoms with Gasteiger partial charge >= 0.3 is 0 Å². The molecule has 1 aromatic heterocycles. The Morgan fingerprint density at radius 3 is 2.84 bits per heavy atom. The van der Waals surface area contributed by atoms with Gasteiger partial charge in [-0.1, -0.05) is 0 Å². The van der Waals surface area contributed by atoms with E-state index in [1.807, 2.05) is 0 Å². The van der Waals surface area contributed by atoms with E-state index in [2.05, 4.69) is 26.2 Å². The van der Waals surface area contributed by atoms with Gasteiger partial charge in [0.15, 0.2) is 0 Å². The van der Waals surface area contributed by atoms with Crippen molar-refractivity contribution in [3.63, 3.8) is 0 Å². The number of hydrogen-bond acceptors (Lipinski definition) is 4. The molecule has 0 aliphatic carbocycles. The van der Waals surface area contributed by atoms with E-state index >= 15 is 0 Å². The Morgan fingerprint density at radius 2 is 2.21 bits per heavy atom. The maximum absolute atomic E-state index is 12.0. The highest BCUT2D eigenvalue weighted by Gasteiger charge is 2.10. The van der Waals surface area contributed by atoms with Crippen molar-refractivity contribution in [3.05, 3.63) is 46.7 Å². The minimum absolute atomic E-state index is 0.281. The fourth-order valence-corrected chi connectivity index (χ4v) is 2.10. The molecule has 0 aliphatic rings. The van der Waals surface area contributed by atoms with E-state index in [1.54, 1.807) is 31.4 Å². The number of carbonyl (C=O) groups is 1. The Balaban J connectivity index is 2.20. The predicted octanol–water partition coefficient (Wildman–Crippen LogP) is 2.69. The summed E-state index contributed by atoms with van der Waals surface area (Å²) in [5, 5.41) is 2.76. The Labute approximate surface area is 118 Å². The van der Waals surface area contributed by atoms with Crippen LogP contribution in [-0.4, -0.2) is 18.0 Å². The van der Waals surface area contributed by atoms with Gasteiger partial charge in [-0.2, -0.15) is 0 Å². The zero-order valence-electron chi connectivity index (χ0n) is 10.2. The predicted molar refractivity (Wildman–Crippen MR) is 77.3 cm³/mol. The number of halogens is 1. The van der Waals surface area contributed by atoms with Gasteiger partial charge in [-0.15, -0.1) is 0 Å². The molecule has 2 aromatic rings. The molecule has 0 atom stereocenters. The molecule has 1 heterocycles. The van der Waals surface area contributed by atoms with Crippen molar-refractivity contribution in [3.8, 4) is 5.75 Å². The highest BCUT2D eigenvalue weighted by molar-refractivity contribution is 9.10. The molecule has 0 fully saturated rings. The number of benzene rings is 1. The highest BCUT2D eigenvalue weighted by Crippen LogP contribution is 2.28. The van der Waals surface area contributed by atoms with Crippen LogP contribution in [0.15, 0.2) is 41.1 Å². The molecule has 19 heavy (non-hydrogen) atoms. The van der Waals surface area contributed by atoms with Gasteiger partial charge in [-0.25, -0.2) is 0 Å². The van der Waals surface area contributed by atoms with E-state index in [-0.39, 0.29) is 5.91 Å². The summed E-state index contributed by atoms with van der Waals surface area (Å²) in [5.41, 5.74) is 7.08. The highest BCUT2D eigenvalue weighted by atomic mass is 79.9. The van der Waals surface area contributed by atoms with Crippen LogP contribution in [0, 0.1) is 0 Å². The second kappa shape index (κ2) is 5.71. The standard InChI is InChI=1S/C13H12BrN3O2/c1-19-12-3-2-8(6-10(12)14)17-13(18)9-4-5-16-7-11(9)15/h2-7H,15H2,1H3,(H,17,18). The number of nitrogens with two attached hydrogens (primary N) is 1. The van der Waals surface area contributed by atoms with Crippen molar-refractivity contribution in [1.82, 2.24) is 4.98 Å². The maximum Gasteiger partial charge on any atom is 0.257 e. The lowest BCUT2D eigenvalue weighted by Crippen LogP contribution is -2.14. The molecule has 5 nitrogen and oxygen atoms in total. The van der Waals surface area contributed by atoms with Crippen molar-refractivity contribution in [2.45, 2.75) is 0 Å². The molecular weight excluding hydrogens is 310 g/mol. The maximum atomic E-state index is 12.0. The Morgan fingerprint density at radius 1 is 1.42 bits per heavy atom. The number of aromatic nitrogens is 1. The normalized spacial score (nSPS) is 10.0. The first-order chi connectivity index (χ1) is 9.11. The molecule has 0 saturated heterocycles. The number of anilines is 2. The number of nitrogens with one attached hydrogen (secondary N) is 1. The van der Waals surface area contributed by atoms with Crippen LogP contribution in [0.5, 0.6) is 5.75 Å². The third-order valence-electron chi connectivity index (χ3n) is 2.51. The van der Waals surface area contributed by atoms with Crippen LogP contribution in [-0.2, 0) is 0 Å². The van der Waals surface area contributed by atoms with Crippen molar-refractivity contribution < 1.29 is 9.53 Å². The first kappa shape index (κ1) is 13.4. The first-order valence-electron chi connectivity index (χ1n) is 5.46. The summed E-state index contributed by atoms with van der Waals surface area (Å²) >= 11 is 3.36. The van der Waals surface area contributed by atoms with E-state index in [0.29, 0.717) is 22.7 Å². The molecule has 6 heteroatoms. The Hall–Kier alpha value is -2.08. The van der Waals surface area contributed by atoms with Gasteiger partial charge in [-0.3, -0.25) is 9.78 Å². The molecule has 0 saturated carbocycles. The lowest BCUT2D eigenvalue weighted by Gasteiger charge is -2.09. The van der Waals surface area contributed by atoms with Crippen molar-refractivity contribution in [2.75, 3.05) is 18.2 Å². The number of ether oxygens (including phenoxy) is 1. The molecule has 0 bridgehead atoms. The van der Waals surface area contributed by atoms with E-state index < -0.39 is 0 Å². The van der Waals surface area contributed by atoms with Crippen LogP contribution >= 0.6 is 15.9 Å². The summed E-state index contributed by atoms with van der Waals surface area (Å²) in [6.07, 6.45) is 2.97. The van der Waals surface area contributed by atoms with Crippen molar-refractivity contribution in [1.29, 1.82) is 0 Å². The van der Waals surface area contributed by atoms with Gasteiger partial charge in [0.2, 0.25) is 0 Å². The SMILES string of the molecule is COc1ccc(NC(=O)c2ccncc2N)cc1Br. The monoisotopic (exact) mass is 321 g/mol. The fourth-order valence-electron chi connectivity index (χ4n) is 1.56. The van der Waals surface area contributed by atoms with E-state index in [0.717, 1.165) is 4.47 Å². The number of amides is 1. The van der Waals surface area contributed by atoms with E-state index in [4.69, 9.17) is 10.5 Å². The average molecular weight is 322 g/mol. The molecule has 1 amide bonds. The second-order valence-corrected chi connectivity index (χ2v) is 4.62. The van der Waals surface area contributed by atoms with Crippen molar-refractivity contribution >= 4 is 33.2 Å². The van der Waals surface area contributed by atoms with Crippen LogP contribution in [0.1, 0.15) is 10.4 Å². The third-order valence-corrected chi connectivity index (χ3v) is 3.13. The second-order valence-electron chi connectivity index (χ2n) is 3.77. The summed E-state index contributed by atoms with van der Waals surface area (Å²) in [4.78, 5) is 15.9. The van der Waals surface area contributed by atoms with Crippen LogP contribution in [0.3, 0.4) is 0 Å². The largest absolute Gasteiger partial charge is 0.496 e. The lowest BCUT2D eigenvalue weighted by molar-refractivity contribution is 0.102. The molecule has 98 valence electrons. The average Bonchev–Trinajstić information content (AvgIpc) is 2.39. The molecule has 0 unspecified atom stereocenters. The third kappa shape index (κ3) is 3.03. The van der Waals surface area contributed by atoms with Gasteiger partial charge in [0.1, 0.15) is 5.75 Å². The van der Waals surface area contributed by atoms with E-state index in [1.165, 1.54) is 12.4 Å². The zero-order chi connectivity index (χ0) is 13.8. The summed E-state index contributed by atoms with van der Waals surface area (Å²) in [5.74, 6) is 0.415. The Bertz CT molecular complexity index is 617. The smallest absolute Gasteiger partial charge is 0.257 e. The minimum Gasteiger partial charge on any atom is -0.496 e. The van der Waals surface area contributed by atoms with Gasteiger partial charge < -0.3 is 15.8 Å². The number of hydrogen-bond donors (Lipinski definition) is 2. The molecular formula is C13H12BrN3O2. The molecule has 1 aromatic carbocycles. The van der Waals surface area contributed by atoms with Gasteiger partial charge in [-0.05, 0) is 40.2 Å². The minimum atomic E-state index is -0.281. The zero-order valence-corrected chi connectivity index (χ0v) is 11.8. The lowest BCUT2D eigenvalue weighted by atomic mass is 10.2. The summed E-state index contributed by atoms with van der Waals surface area (Å²) in [6.45, 7) is 0. The number of nitrogens with zero attached hydrogens (tertiary/aromatic N) is 1. The molecule has 0 radical (unpaired) electrons. The summed E-state index contributed by atoms with van der Waals surface area (Å²) in [7, 11) is 1.58. The van der Waals surface area contributed by atoms with Crippen LogP contribution < -0.4 is 15.8 Å². The number of nitrogen functional groups attached to an aromatic ring is 1. The molecule has 0 spiro atoms. The number of pyridine rings is 1. The van der Waals surface area contributed by atoms with Crippen LogP contribution in [0.25, 0.3) is 0 Å². The Kier molecular flexibility index (Phi) is 4.01. The molecule has 3 N–H and O–H groups in total. The first-order valence-corrected chi connectivity index (χ1v) is 6.25. The quantitative estimate of drug-likeness (QED) is 0.911. The number of rotatable bonds is 3. The molecule has 0 aliphatic heterocycles. The fraction of sp³-hybridized carbons (Fsp3) is 0.0769. The van der Waals surface area contributed by atoms with Gasteiger partial charge in [0.05, 0.1) is 29.0 Å². The topological polar surface area (TPSA) is 77.2 Å². The van der Waals surface area contributed by atoms with E-state index in [9.17, 15) is 4.79 Å². The van der Waals surface area contributed by atoms with Crippen LogP contribution in [0.2, 0.25) is 0 Å². The summed E-state index contributed by atoms with van der Waals surface area (Å²) in [6, 6.07) is 6.84. The summed E-state index contributed by atoms with van der Waals surface area (Å²) < 4.78 is 5.88. The van der Waals surface area contributed by atoms with Crippen molar-refractivity contribution in [2.24, 2.45) is 0 Å². The van der Waals surface area contributed by atoms with Gasteiger partial charge in [0.25, 0.3) is 5.91 Å². The number of methoxy groups -OCH3 is 1. The van der Waals surface area contributed by atoms with Gasteiger partial charge in [0, 0.05) is 11.9 Å².